The Morgan fingerprint density at radius 1 is 1.44 bits per heavy atom. The molecule has 0 saturated heterocycles. The van der Waals surface area contributed by atoms with E-state index in [9.17, 15) is 5.11 Å². The van der Waals surface area contributed by atoms with Crippen LogP contribution in [0, 0.1) is 0 Å². The first-order valence-electron chi connectivity index (χ1n) is 6.08. The molecule has 0 radical (unpaired) electrons. The molecule has 98 valence electrons. The zero-order chi connectivity index (χ0) is 12.8. The van der Waals surface area contributed by atoms with Crippen LogP contribution in [-0.4, -0.2) is 43.9 Å². The van der Waals surface area contributed by atoms with E-state index in [0.29, 0.717) is 13.1 Å². The summed E-state index contributed by atoms with van der Waals surface area (Å²) in [4.78, 5) is 0. The number of hydrogen-bond acceptors (Lipinski definition) is 4. The molecule has 0 aromatic carbocycles. The van der Waals surface area contributed by atoms with Crippen molar-refractivity contribution >= 4 is 0 Å². The second-order valence-electron chi connectivity index (χ2n) is 4.36. The first kappa shape index (κ1) is 12.8. The number of rotatable bonds is 7. The van der Waals surface area contributed by atoms with Gasteiger partial charge in [0.15, 0.2) is 0 Å². The molecule has 18 heavy (non-hydrogen) atoms. The lowest BCUT2D eigenvalue weighted by molar-refractivity contribution is 0.147. The fourth-order valence-corrected chi connectivity index (χ4v) is 1.79. The Morgan fingerprint density at radius 3 is 3.00 bits per heavy atom. The molecule has 0 aliphatic heterocycles. The van der Waals surface area contributed by atoms with Gasteiger partial charge in [-0.1, -0.05) is 0 Å². The molecule has 2 heterocycles. The molecule has 0 bridgehead atoms. The first-order valence-corrected chi connectivity index (χ1v) is 6.08. The number of aliphatic hydroxyl groups is 1. The third-order valence-electron chi connectivity index (χ3n) is 2.69. The van der Waals surface area contributed by atoms with Gasteiger partial charge >= 0.3 is 0 Å². The minimum Gasteiger partial charge on any atom is -0.390 e. The van der Waals surface area contributed by atoms with Crippen LogP contribution in [0.3, 0.4) is 0 Å². The zero-order valence-electron chi connectivity index (χ0n) is 10.5. The molecule has 0 aliphatic rings. The standard InChI is InChI=1S/C12H19N5O/c1-16-9-11(7-15-16)3-5-13-8-12(18)10-17-6-2-4-14-17/h2,4,6-7,9,12-13,18H,3,5,8,10H2,1H3. The van der Waals surface area contributed by atoms with E-state index in [4.69, 9.17) is 0 Å². The quantitative estimate of drug-likeness (QED) is 0.667. The molecule has 2 aromatic rings. The van der Waals surface area contributed by atoms with Gasteiger partial charge in [0.05, 0.1) is 18.8 Å². The van der Waals surface area contributed by atoms with E-state index in [1.165, 1.54) is 5.56 Å². The van der Waals surface area contributed by atoms with Gasteiger partial charge in [0.25, 0.3) is 0 Å². The third-order valence-corrected chi connectivity index (χ3v) is 2.69. The van der Waals surface area contributed by atoms with Gasteiger partial charge < -0.3 is 10.4 Å². The van der Waals surface area contributed by atoms with E-state index < -0.39 is 6.10 Å². The number of nitrogens with zero attached hydrogens (tertiary/aromatic N) is 4. The number of hydrogen-bond donors (Lipinski definition) is 2. The summed E-state index contributed by atoms with van der Waals surface area (Å²) in [7, 11) is 1.91. The van der Waals surface area contributed by atoms with Gasteiger partial charge in [-0.3, -0.25) is 9.36 Å². The van der Waals surface area contributed by atoms with Crippen molar-refractivity contribution in [2.75, 3.05) is 13.1 Å². The van der Waals surface area contributed by atoms with Crippen LogP contribution in [0.1, 0.15) is 5.56 Å². The average molecular weight is 249 g/mol. The van der Waals surface area contributed by atoms with Crippen LogP contribution < -0.4 is 5.32 Å². The normalized spacial score (nSPS) is 12.8. The number of aryl methyl sites for hydroxylation is 1. The molecule has 1 unspecified atom stereocenters. The molecule has 0 spiro atoms. The van der Waals surface area contributed by atoms with E-state index in [-0.39, 0.29) is 0 Å². The SMILES string of the molecule is Cn1cc(CCNCC(O)Cn2cccn2)cn1. The fourth-order valence-electron chi connectivity index (χ4n) is 1.79. The Balaban J connectivity index is 1.60. The highest BCUT2D eigenvalue weighted by molar-refractivity contribution is 5.03. The molecular formula is C12H19N5O. The maximum atomic E-state index is 9.78. The van der Waals surface area contributed by atoms with Gasteiger partial charge in [-0.15, -0.1) is 0 Å². The molecule has 6 heteroatoms. The van der Waals surface area contributed by atoms with Gasteiger partial charge in [-0.25, -0.2) is 0 Å². The van der Waals surface area contributed by atoms with Crippen LogP contribution in [0.4, 0.5) is 0 Å². The Kier molecular flexibility index (Phi) is 4.49. The van der Waals surface area contributed by atoms with Crippen LogP contribution >= 0.6 is 0 Å². The van der Waals surface area contributed by atoms with Gasteiger partial charge in [0, 0.05) is 32.2 Å². The molecule has 0 amide bonds. The minimum absolute atomic E-state index is 0.418. The Bertz CT molecular complexity index is 451. The van der Waals surface area contributed by atoms with Crippen molar-refractivity contribution in [2.45, 2.75) is 19.1 Å². The molecule has 0 fully saturated rings. The van der Waals surface area contributed by atoms with Gasteiger partial charge in [-0.2, -0.15) is 10.2 Å². The molecule has 0 aliphatic carbocycles. The predicted octanol–water partition coefficient (Wildman–Crippen LogP) is -0.190. The second-order valence-corrected chi connectivity index (χ2v) is 4.36. The van der Waals surface area contributed by atoms with Gasteiger partial charge in [0.1, 0.15) is 0 Å². The van der Waals surface area contributed by atoms with Crippen molar-refractivity contribution in [1.29, 1.82) is 0 Å². The lowest BCUT2D eigenvalue weighted by atomic mass is 10.2. The summed E-state index contributed by atoms with van der Waals surface area (Å²) in [5, 5.41) is 21.2. The van der Waals surface area contributed by atoms with Crippen LogP contribution in [-0.2, 0) is 20.0 Å². The Hall–Kier alpha value is -1.66. The summed E-state index contributed by atoms with van der Waals surface area (Å²) in [6.07, 6.45) is 7.92. The minimum atomic E-state index is -0.418. The summed E-state index contributed by atoms with van der Waals surface area (Å²) < 4.78 is 3.52. The topological polar surface area (TPSA) is 67.9 Å². The van der Waals surface area contributed by atoms with Gasteiger partial charge in [-0.05, 0) is 24.6 Å². The number of aromatic nitrogens is 4. The monoisotopic (exact) mass is 249 g/mol. The van der Waals surface area contributed by atoms with Gasteiger partial charge in [0.2, 0.25) is 0 Å². The van der Waals surface area contributed by atoms with E-state index in [1.54, 1.807) is 15.6 Å². The van der Waals surface area contributed by atoms with Crippen molar-refractivity contribution < 1.29 is 5.11 Å². The molecular weight excluding hydrogens is 230 g/mol. The van der Waals surface area contributed by atoms with E-state index in [0.717, 1.165) is 13.0 Å². The third kappa shape index (κ3) is 3.97. The Morgan fingerprint density at radius 2 is 2.33 bits per heavy atom. The van der Waals surface area contributed by atoms with Crippen molar-refractivity contribution in [3.8, 4) is 0 Å². The average Bonchev–Trinajstić information content (AvgIpc) is 2.96. The number of nitrogens with one attached hydrogen (secondary N) is 1. The summed E-state index contributed by atoms with van der Waals surface area (Å²) in [5.74, 6) is 0. The first-order chi connectivity index (χ1) is 8.74. The summed E-state index contributed by atoms with van der Waals surface area (Å²) in [6, 6.07) is 1.85. The highest BCUT2D eigenvalue weighted by atomic mass is 16.3. The Labute approximate surface area is 106 Å². The van der Waals surface area contributed by atoms with E-state index in [2.05, 4.69) is 15.5 Å². The highest BCUT2D eigenvalue weighted by Gasteiger charge is 2.04. The van der Waals surface area contributed by atoms with Crippen LogP contribution in [0.2, 0.25) is 0 Å². The predicted molar refractivity (Wildman–Crippen MR) is 68.0 cm³/mol. The summed E-state index contributed by atoms with van der Waals surface area (Å²) >= 11 is 0. The lowest BCUT2D eigenvalue weighted by Gasteiger charge is -2.11. The summed E-state index contributed by atoms with van der Waals surface area (Å²) in [6.45, 7) is 1.93. The molecule has 0 saturated carbocycles. The van der Waals surface area contributed by atoms with E-state index >= 15 is 0 Å². The smallest absolute Gasteiger partial charge is 0.0860 e. The highest BCUT2D eigenvalue weighted by Crippen LogP contribution is 1.96. The van der Waals surface area contributed by atoms with Crippen LogP contribution in [0.5, 0.6) is 0 Å². The van der Waals surface area contributed by atoms with Crippen molar-refractivity contribution in [3.63, 3.8) is 0 Å². The molecule has 2 aromatic heterocycles. The van der Waals surface area contributed by atoms with Crippen molar-refractivity contribution in [3.05, 3.63) is 36.4 Å². The molecule has 2 rings (SSSR count). The van der Waals surface area contributed by atoms with E-state index in [1.807, 2.05) is 31.7 Å². The molecule has 1 atom stereocenters. The lowest BCUT2D eigenvalue weighted by Crippen LogP contribution is -2.31. The van der Waals surface area contributed by atoms with Crippen LogP contribution in [0.25, 0.3) is 0 Å². The maximum absolute atomic E-state index is 9.78. The maximum Gasteiger partial charge on any atom is 0.0860 e. The zero-order valence-corrected chi connectivity index (χ0v) is 10.5. The largest absolute Gasteiger partial charge is 0.390 e. The van der Waals surface area contributed by atoms with Crippen molar-refractivity contribution in [2.24, 2.45) is 7.05 Å². The molecule has 2 N–H and O–H groups in total. The van der Waals surface area contributed by atoms with Crippen LogP contribution in [0.15, 0.2) is 30.9 Å². The fraction of sp³-hybridized carbons (Fsp3) is 0.500. The summed E-state index contributed by atoms with van der Waals surface area (Å²) in [5.41, 5.74) is 1.20. The second kappa shape index (κ2) is 6.32. The van der Waals surface area contributed by atoms with Crippen molar-refractivity contribution in [1.82, 2.24) is 24.9 Å². The molecule has 6 nitrogen and oxygen atoms in total. The number of aliphatic hydroxyl groups excluding tert-OH is 1.